The summed E-state index contributed by atoms with van der Waals surface area (Å²) in [5.74, 6) is 1.37. The predicted octanol–water partition coefficient (Wildman–Crippen LogP) is 8.57. The molecule has 58 heavy (non-hydrogen) atoms. The molecule has 1 fully saturated rings. The molecule has 6 unspecified atom stereocenters. The average Bonchev–Trinajstić information content (AvgIpc) is 3.25. The number of thioether (sulfide) groups is 1. The Hall–Kier alpha value is -4.55. The zero-order valence-corrected chi connectivity index (χ0v) is 34.3. The maximum absolute atomic E-state index is 9.95. The number of hydrogen-bond acceptors (Lipinski definition) is 11. The van der Waals surface area contributed by atoms with E-state index < -0.39 is 5.79 Å². The van der Waals surface area contributed by atoms with Gasteiger partial charge in [-0.3, -0.25) is 15.0 Å². The van der Waals surface area contributed by atoms with Gasteiger partial charge in [0.1, 0.15) is 24.7 Å². The van der Waals surface area contributed by atoms with Crippen LogP contribution in [0.3, 0.4) is 0 Å². The Kier molecular flexibility index (Phi) is 14.7. The number of unbranched alkanes of at least 4 members (excludes halogenated alkanes) is 2. The van der Waals surface area contributed by atoms with E-state index in [0.717, 1.165) is 102 Å². The molecule has 2 aromatic carbocycles. The molecule has 0 spiro atoms. The molecule has 7 rings (SSSR count). The van der Waals surface area contributed by atoms with Crippen LogP contribution in [-0.4, -0.2) is 67.5 Å². The fourth-order valence-corrected chi connectivity index (χ4v) is 10.3. The van der Waals surface area contributed by atoms with Crippen molar-refractivity contribution in [3.8, 4) is 11.5 Å². The molecule has 10 nitrogen and oxygen atoms in total. The molecule has 0 saturated heterocycles. The lowest BCUT2D eigenvalue weighted by atomic mass is 9.56. The Morgan fingerprint density at radius 3 is 2.59 bits per heavy atom. The molecule has 2 N–H and O–H groups in total. The Labute approximate surface area is 346 Å². The highest BCUT2D eigenvalue weighted by Gasteiger charge is 2.64. The number of oxime groups is 1. The Morgan fingerprint density at radius 1 is 0.966 bits per heavy atom. The summed E-state index contributed by atoms with van der Waals surface area (Å²) in [4.78, 5) is 19.7. The standard InChI is InChI=1S/C47H56N4O6S/c1-3-25-55-47-44(58-26-20-36-30-48-21-22-49-36)29-42(51-56-31-34-13-5-4-6-14-34)40-27-35(15-7-9-23-52)39(17-8-10-24-53)45(46(40)47)41-28-38(18-19-43(41)57-47)54-32-37-16-11-12-33(2)50-37/h3-6,11-14,16,18-19,21-22,27-28,30,35,39,44-46,52-53H,1,7-10,15,17,20,23-26,29,31-32H2,2H3. The molecule has 3 aliphatic rings. The van der Waals surface area contributed by atoms with Crippen LogP contribution in [-0.2, 0) is 29.2 Å². The molecule has 2 aliphatic carbocycles. The van der Waals surface area contributed by atoms with Crippen LogP contribution in [0.5, 0.6) is 11.5 Å². The Morgan fingerprint density at radius 2 is 1.81 bits per heavy atom. The van der Waals surface area contributed by atoms with Gasteiger partial charge in [0.05, 0.1) is 34.9 Å². The summed E-state index contributed by atoms with van der Waals surface area (Å²) in [7, 11) is 0. The summed E-state index contributed by atoms with van der Waals surface area (Å²) >= 11 is 1.82. The molecule has 1 aliphatic heterocycles. The molecule has 0 amide bonds. The lowest BCUT2D eigenvalue weighted by molar-refractivity contribution is -0.223. The smallest absolute Gasteiger partial charge is 0.230 e. The van der Waals surface area contributed by atoms with Gasteiger partial charge in [-0.2, -0.15) is 11.8 Å². The fourth-order valence-electron chi connectivity index (χ4n) is 8.93. The molecule has 1 saturated carbocycles. The van der Waals surface area contributed by atoms with Gasteiger partial charge in [0, 0.05) is 61.8 Å². The Balaban J connectivity index is 1.34. The summed E-state index contributed by atoms with van der Waals surface area (Å²) < 4.78 is 20.9. The van der Waals surface area contributed by atoms with Crippen molar-refractivity contribution in [3.05, 3.63) is 138 Å². The number of ether oxygens (including phenoxy) is 3. The number of aliphatic hydroxyl groups excluding tert-OH is 2. The number of fused-ring (bicyclic) bond motifs is 2. The summed E-state index contributed by atoms with van der Waals surface area (Å²) in [5, 5.41) is 24.6. The van der Waals surface area contributed by atoms with Gasteiger partial charge in [0.2, 0.25) is 5.79 Å². The molecule has 0 radical (unpaired) electrons. The van der Waals surface area contributed by atoms with E-state index in [1.807, 2.05) is 85.5 Å². The van der Waals surface area contributed by atoms with Crippen LogP contribution in [0.25, 0.3) is 0 Å². The minimum Gasteiger partial charge on any atom is -0.487 e. The second-order valence-corrected chi connectivity index (χ2v) is 16.7. The van der Waals surface area contributed by atoms with Crippen LogP contribution < -0.4 is 9.47 Å². The second kappa shape index (κ2) is 20.4. The highest BCUT2D eigenvalue weighted by Crippen LogP contribution is 2.62. The third-order valence-corrected chi connectivity index (χ3v) is 12.8. The SMILES string of the molecule is C=CCOC12Oc3ccc(OCc4cccc(C)n4)cc3C3C(CCCCO)C(CCCCO)C=C(C(=NOCc4ccccc4)CC1SCCc1cnccn1)C32. The zero-order valence-electron chi connectivity index (χ0n) is 33.5. The van der Waals surface area contributed by atoms with Crippen LogP contribution in [0.1, 0.15) is 79.1 Å². The number of hydrogen-bond donors (Lipinski definition) is 2. The van der Waals surface area contributed by atoms with Crippen LogP contribution in [0.2, 0.25) is 0 Å². The van der Waals surface area contributed by atoms with E-state index >= 15 is 0 Å². The van der Waals surface area contributed by atoms with Crippen LogP contribution >= 0.6 is 11.8 Å². The van der Waals surface area contributed by atoms with E-state index in [-0.39, 0.29) is 42.1 Å². The fraction of sp³-hybridized carbons (Fsp3) is 0.447. The van der Waals surface area contributed by atoms with Crippen molar-refractivity contribution in [1.29, 1.82) is 0 Å². The lowest BCUT2D eigenvalue weighted by Crippen LogP contribution is -2.64. The number of aromatic nitrogens is 3. The highest BCUT2D eigenvalue weighted by atomic mass is 32.2. The lowest BCUT2D eigenvalue weighted by Gasteiger charge is -2.58. The third-order valence-electron chi connectivity index (χ3n) is 11.5. The first-order chi connectivity index (χ1) is 28.5. The molecule has 6 atom stereocenters. The first-order valence-electron chi connectivity index (χ1n) is 20.7. The van der Waals surface area contributed by atoms with E-state index in [4.69, 9.17) is 24.2 Å². The van der Waals surface area contributed by atoms with Crippen molar-refractivity contribution < 1.29 is 29.3 Å². The summed E-state index contributed by atoms with van der Waals surface area (Å²) in [6.07, 6.45) is 15.9. The summed E-state index contributed by atoms with van der Waals surface area (Å²) in [6, 6.07) is 22.3. The molecule has 11 heteroatoms. The Bertz CT molecular complexity index is 2000. The number of benzene rings is 2. The first kappa shape index (κ1) is 41.6. The molecule has 2 aromatic heterocycles. The number of aliphatic hydroxyl groups is 2. The number of pyridine rings is 1. The number of allylic oxidation sites excluding steroid dienone is 1. The quantitative estimate of drug-likeness (QED) is 0.0480. The van der Waals surface area contributed by atoms with Gasteiger partial charge in [0.25, 0.3) is 0 Å². The van der Waals surface area contributed by atoms with Gasteiger partial charge >= 0.3 is 0 Å². The van der Waals surface area contributed by atoms with Crippen LogP contribution in [0, 0.1) is 24.7 Å². The topological polar surface area (TPSA) is 128 Å². The van der Waals surface area contributed by atoms with E-state index in [9.17, 15) is 10.2 Å². The van der Waals surface area contributed by atoms with Crippen molar-refractivity contribution >= 4 is 17.5 Å². The van der Waals surface area contributed by atoms with E-state index in [1.165, 1.54) is 0 Å². The highest BCUT2D eigenvalue weighted by molar-refractivity contribution is 8.00. The van der Waals surface area contributed by atoms with Crippen LogP contribution in [0.15, 0.2) is 115 Å². The first-order valence-corrected chi connectivity index (χ1v) is 21.7. The van der Waals surface area contributed by atoms with Crippen molar-refractivity contribution in [2.45, 2.75) is 88.5 Å². The molecular formula is C47H56N4O6S. The van der Waals surface area contributed by atoms with Gasteiger partial charge in [-0.1, -0.05) is 66.5 Å². The third kappa shape index (κ3) is 9.82. The molecule has 3 heterocycles. The monoisotopic (exact) mass is 804 g/mol. The van der Waals surface area contributed by atoms with E-state index in [1.54, 1.807) is 18.5 Å². The van der Waals surface area contributed by atoms with Gasteiger partial charge in [0.15, 0.2) is 0 Å². The van der Waals surface area contributed by atoms with Gasteiger partial charge in [-0.05, 0) is 91.7 Å². The summed E-state index contributed by atoms with van der Waals surface area (Å²) in [5.41, 5.74) is 6.88. The zero-order chi connectivity index (χ0) is 40.2. The minimum absolute atomic E-state index is 0.0326. The molecule has 0 bridgehead atoms. The van der Waals surface area contributed by atoms with Crippen molar-refractivity contribution in [1.82, 2.24) is 15.0 Å². The number of aryl methyl sites for hydroxylation is 2. The number of rotatable bonds is 21. The maximum atomic E-state index is 9.95. The largest absolute Gasteiger partial charge is 0.487 e. The van der Waals surface area contributed by atoms with Gasteiger partial charge < -0.3 is 29.3 Å². The van der Waals surface area contributed by atoms with Gasteiger partial charge in [-0.25, -0.2) is 0 Å². The number of nitrogens with zero attached hydrogens (tertiary/aromatic N) is 4. The normalized spacial score (nSPS) is 23.9. The minimum atomic E-state index is -1.05. The van der Waals surface area contributed by atoms with Crippen molar-refractivity contribution in [3.63, 3.8) is 0 Å². The molecule has 4 aromatic rings. The summed E-state index contributed by atoms with van der Waals surface area (Å²) in [6.45, 7) is 7.36. The predicted molar refractivity (Wildman–Crippen MR) is 228 cm³/mol. The molecule has 306 valence electrons. The average molecular weight is 805 g/mol. The van der Waals surface area contributed by atoms with Crippen molar-refractivity contribution in [2.75, 3.05) is 25.6 Å². The van der Waals surface area contributed by atoms with Crippen LogP contribution in [0.4, 0.5) is 0 Å². The van der Waals surface area contributed by atoms with Gasteiger partial charge in [-0.15, -0.1) is 6.58 Å². The second-order valence-electron chi connectivity index (χ2n) is 15.4. The van der Waals surface area contributed by atoms with E-state index in [0.29, 0.717) is 26.2 Å². The van der Waals surface area contributed by atoms with E-state index in [2.05, 4.69) is 33.7 Å². The van der Waals surface area contributed by atoms with Crippen molar-refractivity contribution in [2.24, 2.45) is 22.9 Å². The molecular weight excluding hydrogens is 749 g/mol. The maximum Gasteiger partial charge on any atom is 0.230 e.